The number of hydrogen-bond acceptors (Lipinski definition) is 7. The van der Waals surface area contributed by atoms with Crippen molar-refractivity contribution in [2.75, 3.05) is 43.4 Å². The van der Waals surface area contributed by atoms with E-state index >= 15 is 0 Å². The molecule has 2 amide bonds. The van der Waals surface area contributed by atoms with Gasteiger partial charge in [-0.25, -0.2) is 4.98 Å². The van der Waals surface area contributed by atoms with Crippen LogP contribution in [0.1, 0.15) is 26.5 Å². The van der Waals surface area contributed by atoms with E-state index in [1.165, 1.54) is 6.39 Å². The standard InChI is InChI=1S/C24H25N7O3/c1-30-8-10-31(11-9-30)18-5-2-16(3-6-18)24(33)27-22-20-12-17(4-7-21(20)28-29-22)23(32)26-14-19-13-25-15-34-19/h2-7,12-13,15H,8-11,14H2,1H3,(H,26,32)(H2,27,28,29,33). The Kier molecular flexibility index (Phi) is 5.96. The van der Waals surface area contributed by atoms with Crippen LogP contribution in [0.2, 0.25) is 0 Å². The molecule has 0 spiro atoms. The molecule has 4 aromatic rings. The molecule has 5 rings (SSSR count). The molecule has 1 aliphatic rings. The molecule has 0 bridgehead atoms. The van der Waals surface area contributed by atoms with Crippen LogP contribution in [0.25, 0.3) is 10.9 Å². The summed E-state index contributed by atoms with van der Waals surface area (Å²) in [5.74, 6) is 0.395. The number of fused-ring (bicyclic) bond motifs is 1. The molecule has 2 aromatic carbocycles. The molecule has 1 aliphatic heterocycles. The summed E-state index contributed by atoms with van der Waals surface area (Å²) in [6.07, 6.45) is 2.86. The highest BCUT2D eigenvalue weighted by Gasteiger charge is 2.17. The van der Waals surface area contributed by atoms with Gasteiger partial charge in [0, 0.05) is 48.4 Å². The largest absolute Gasteiger partial charge is 0.447 e. The quantitative estimate of drug-likeness (QED) is 0.405. The summed E-state index contributed by atoms with van der Waals surface area (Å²) >= 11 is 0. The first kappa shape index (κ1) is 21.7. The third kappa shape index (κ3) is 4.62. The monoisotopic (exact) mass is 459 g/mol. The topological polar surface area (TPSA) is 119 Å². The Bertz CT molecular complexity index is 1290. The van der Waals surface area contributed by atoms with Gasteiger partial charge in [-0.1, -0.05) is 0 Å². The molecule has 0 radical (unpaired) electrons. The van der Waals surface area contributed by atoms with E-state index in [2.05, 4.69) is 42.7 Å². The van der Waals surface area contributed by atoms with E-state index in [-0.39, 0.29) is 18.4 Å². The normalized spacial score (nSPS) is 14.3. The van der Waals surface area contributed by atoms with E-state index in [9.17, 15) is 9.59 Å². The summed E-state index contributed by atoms with van der Waals surface area (Å²) in [5, 5.41) is 13.4. The molecule has 2 aromatic heterocycles. The van der Waals surface area contributed by atoms with Crippen molar-refractivity contribution in [3.63, 3.8) is 0 Å². The van der Waals surface area contributed by atoms with Gasteiger partial charge in [0.1, 0.15) is 5.76 Å². The lowest BCUT2D eigenvalue weighted by Gasteiger charge is -2.34. The highest BCUT2D eigenvalue weighted by atomic mass is 16.3. The molecule has 0 aliphatic carbocycles. The number of piperazine rings is 1. The van der Waals surface area contributed by atoms with E-state index in [0.717, 1.165) is 31.9 Å². The molecule has 3 N–H and O–H groups in total. The van der Waals surface area contributed by atoms with Crippen molar-refractivity contribution in [2.45, 2.75) is 6.54 Å². The molecular formula is C24H25N7O3. The minimum absolute atomic E-state index is 0.232. The lowest BCUT2D eigenvalue weighted by Crippen LogP contribution is -2.44. The number of anilines is 2. The minimum Gasteiger partial charge on any atom is -0.447 e. The summed E-state index contributed by atoms with van der Waals surface area (Å²) in [6.45, 7) is 4.21. The van der Waals surface area contributed by atoms with Crippen molar-refractivity contribution in [3.8, 4) is 0 Å². The van der Waals surface area contributed by atoms with Gasteiger partial charge in [0.05, 0.1) is 18.3 Å². The lowest BCUT2D eigenvalue weighted by molar-refractivity contribution is 0.0947. The van der Waals surface area contributed by atoms with Crippen LogP contribution in [0.3, 0.4) is 0 Å². The number of H-pyrrole nitrogens is 1. The third-order valence-electron chi connectivity index (χ3n) is 5.96. The first-order valence-corrected chi connectivity index (χ1v) is 11.1. The summed E-state index contributed by atoms with van der Waals surface area (Å²) in [6, 6.07) is 12.7. The lowest BCUT2D eigenvalue weighted by atomic mass is 10.1. The number of oxazole rings is 1. The summed E-state index contributed by atoms with van der Waals surface area (Å²) < 4.78 is 5.14. The number of hydrogen-bond donors (Lipinski definition) is 3. The van der Waals surface area contributed by atoms with Gasteiger partial charge in [0.25, 0.3) is 11.8 Å². The van der Waals surface area contributed by atoms with E-state index in [0.29, 0.717) is 33.6 Å². The Balaban J connectivity index is 1.27. The molecule has 34 heavy (non-hydrogen) atoms. The van der Waals surface area contributed by atoms with Gasteiger partial charge in [-0.15, -0.1) is 0 Å². The van der Waals surface area contributed by atoms with Gasteiger partial charge in [0.2, 0.25) is 0 Å². The molecular weight excluding hydrogens is 434 g/mol. The Morgan fingerprint density at radius 1 is 1.03 bits per heavy atom. The highest BCUT2D eigenvalue weighted by Crippen LogP contribution is 2.23. The third-order valence-corrected chi connectivity index (χ3v) is 5.96. The number of aromatic amines is 1. The van der Waals surface area contributed by atoms with Crippen LogP contribution < -0.4 is 15.5 Å². The van der Waals surface area contributed by atoms with Crippen molar-refractivity contribution in [2.24, 2.45) is 0 Å². The van der Waals surface area contributed by atoms with Crippen LogP contribution in [0.4, 0.5) is 11.5 Å². The van der Waals surface area contributed by atoms with Gasteiger partial charge in [-0.05, 0) is 49.5 Å². The summed E-state index contributed by atoms with van der Waals surface area (Å²) in [7, 11) is 2.12. The molecule has 10 nitrogen and oxygen atoms in total. The number of carbonyl (C=O) groups is 2. The molecule has 3 heterocycles. The van der Waals surface area contributed by atoms with E-state index < -0.39 is 0 Å². The fourth-order valence-electron chi connectivity index (χ4n) is 3.92. The van der Waals surface area contributed by atoms with E-state index in [1.54, 1.807) is 24.4 Å². The van der Waals surface area contributed by atoms with Crippen LogP contribution in [0, 0.1) is 0 Å². The average molecular weight is 460 g/mol. The number of nitrogens with one attached hydrogen (secondary N) is 3. The van der Waals surface area contributed by atoms with Crippen molar-refractivity contribution >= 4 is 34.2 Å². The van der Waals surface area contributed by atoms with Crippen molar-refractivity contribution in [3.05, 3.63) is 71.9 Å². The van der Waals surface area contributed by atoms with Gasteiger partial charge >= 0.3 is 0 Å². The zero-order valence-electron chi connectivity index (χ0n) is 18.7. The summed E-state index contributed by atoms with van der Waals surface area (Å²) in [5.41, 5.74) is 2.80. The van der Waals surface area contributed by atoms with Crippen LogP contribution in [0.15, 0.2) is 59.5 Å². The minimum atomic E-state index is -0.267. The zero-order chi connectivity index (χ0) is 23.5. The highest BCUT2D eigenvalue weighted by molar-refractivity contribution is 6.09. The Hall–Kier alpha value is -4.18. The maximum atomic E-state index is 12.9. The Morgan fingerprint density at radius 2 is 1.79 bits per heavy atom. The molecule has 0 atom stereocenters. The smallest absolute Gasteiger partial charge is 0.256 e. The first-order chi connectivity index (χ1) is 16.6. The van der Waals surface area contributed by atoms with Gasteiger partial charge in [0.15, 0.2) is 12.2 Å². The van der Waals surface area contributed by atoms with Gasteiger partial charge in [-0.3, -0.25) is 14.7 Å². The fraction of sp³-hybridized carbons (Fsp3) is 0.250. The molecule has 1 fully saturated rings. The number of carbonyl (C=O) groups excluding carboxylic acids is 2. The predicted molar refractivity (Wildman–Crippen MR) is 128 cm³/mol. The number of nitrogens with zero attached hydrogens (tertiary/aromatic N) is 4. The summed E-state index contributed by atoms with van der Waals surface area (Å²) in [4.78, 5) is 33.8. The second kappa shape index (κ2) is 9.36. The Morgan fingerprint density at radius 3 is 2.53 bits per heavy atom. The van der Waals surface area contributed by atoms with E-state index in [1.807, 2.05) is 24.3 Å². The maximum absolute atomic E-state index is 12.9. The Labute approximate surface area is 195 Å². The SMILES string of the molecule is CN1CCN(c2ccc(C(=O)Nc3n[nH]c4ccc(C(=O)NCc5cnco5)cc34)cc2)CC1. The number of aromatic nitrogens is 3. The van der Waals surface area contributed by atoms with Crippen molar-refractivity contribution in [1.82, 2.24) is 25.4 Å². The maximum Gasteiger partial charge on any atom is 0.256 e. The molecule has 10 heteroatoms. The number of benzene rings is 2. The molecule has 0 unspecified atom stereocenters. The van der Waals surface area contributed by atoms with Crippen molar-refractivity contribution in [1.29, 1.82) is 0 Å². The zero-order valence-corrected chi connectivity index (χ0v) is 18.7. The first-order valence-electron chi connectivity index (χ1n) is 11.1. The molecule has 174 valence electrons. The second-order valence-corrected chi connectivity index (χ2v) is 8.27. The number of amides is 2. The molecule has 0 saturated carbocycles. The number of likely N-dealkylation sites (N-methyl/N-ethyl adjacent to an activating group) is 1. The predicted octanol–water partition coefficient (Wildman–Crippen LogP) is 2.48. The molecule has 1 saturated heterocycles. The van der Waals surface area contributed by atoms with Crippen LogP contribution in [-0.2, 0) is 6.54 Å². The van der Waals surface area contributed by atoms with Crippen LogP contribution >= 0.6 is 0 Å². The fourth-order valence-corrected chi connectivity index (χ4v) is 3.92. The number of rotatable bonds is 6. The van der Waals surface area contributed by atoms with Crippen LogP contribution in [-0.4, -0.2) is 65.1 Å². The second-order valence-electron chi connectivity index (χ2n) is 8.27. The average Bonchev–Trinajstić information content (AvgIpc) is 3.53. The van der Waals surface area contributed by atoms with Crippen molar-refractivity contribution < 1.29 is 14.0 Å². The van der Waals surface area contributed by atoms with Gasteiger partial charge < -0.3 is 24.9 Å². The van der Waals surface area contributed by atoms with Crippen LogP contribution in [0.5, 0.6) is 0 Å². The van der Waals surface area contributed by atoms with Gasteiger partial charge in [-0.2, -0.15) is 5.10 Å². The van der Waals surface area contributed by atoms with E-state index in [4.69, 9.17) is 4.42 Å².